The largest absolute Gasteiger partial charge is 0.462 e. The van der Waals surface area contributed by atoms with Gasteiger partial charge in [-0.1, -0.05) is 24.0 Å². The SMILES string of the molecule is CCOC(=O)c1ccc(C#Cc2cccc(C(C)=O)c2)cc1. The van der Waals surface area contributed by atoms with Gasteiger partial charge in [-0.3, -0.25) is 4.79 Å². The molecule has 3 heteroatoms. The van der Waals surface area contributed by atoms with Crippen molar-refractivity contribution in [2.24, 2.45) is 0 Å². The van der Waals surface area contributed by atoms with Gasteiger partial charge in [0.1, 0.15) is 0 Å². The summed E-state index contributed by atoms with van der Waals surface area (Å²) in [6.07, 6.45) is 0. The van der Waals surface area contributed by atoms with Crippen molar-refractivity contribution in [1.82, 2.24) is 0 Å². The molecule has 0 radical (unpaired) electrons. The van der Waals surface area contributed by atoms with Gasteiger partial charge in [-0.05, 0) is 50.2 Å². The molecule has 110 valence electrons. The van der Waals surface area contributed by atoms with Crippen molar-refractivity contribution in [2.45, 2.75) is 13.8 Å². The zero-order chi connectivity index (χ0) is 15.9. The average Bonchev–Trinajstić information content (AvgIpc) is 2.54. The van der Waals surface area contributed by atoms with Crippen LogP contribution in [0.25, 0.3) is 0 Å². The molecular weight excluding hydrogens is 276 g/mol. The molecule has 0 unspecified atom stereocenters. The number of hydrogen-bond acceptors (Lipinski definition) is 3. The van der Waals surface area contributed by atoms with Crippen LogP contribution in [0.15, 0.2) is 48.5 Å². The van der Waals surface area contributed by atoms with Crippen molar-refractivity contribution < 1.29 is 14.3 Å². The molecule has 0 aliphatic carbocycles. The first-order valence-corrected chi connectivity index (χ1v) is 7.00. The Bertz CT molecular complexity index is 746. The molecular formula is C19H16O3. The van der Waals surface area contributed by atoms with Crippen LogP contribution < -0.4 is 0 Å². The molecule has 0 aliphatic heterocycles. The lowest BCUT2D eigenvalue weighted by Gasteiger charge is -2.01. The maximum Gasteiger partial charge on any atom is 0.338 e. The minimum absolute atomic E-state index is 0.0161. The van der Waals surface area contributed by atoms with E-state index in [0.717, 1.165) is 11.1 Å². The molecule has 2 aromatic rings. The number of Topliss-reactive ketones (excluding diaryl/α,β-unsaturated/α-hetero) is 1. The third kappa shape index (κ3) is 4.07. The molecule has 0 bridgehead atoms. The van der Waals surface area contributed by atoms with Crippen LogP contribution in [-0.4, -0.2) is 18.4 Å². The van der Waals surface area contributed by atoms with E-state index >= 15 is 0 Å². The Morgan fingerprint density at radius 2 is 1.64 bits per heavy atom. The van der Waals surface area contributed by atoms with E-state index in [9.17, 15) is 9.59 Å². The highest BCUT2D eigenvalue weighted by Gasteiger charge is 2.04. The quantitative estimate of drug-likeness (QED) is 0.494. The topological polar surface area (TPSA) is 43.4 Å². The molecule has 0 fully saturated rings. The van der Waals surface area contributed by atoms with Gasteiger partial charge in [-0.25, -0.2) is 4.79 Å². The molecule has 0 spiro atoms. The van der Waals surface area contributed by atoms with Crippen LogP contribution in [0, 0.1) is 11.8 Å². The second kappa shape index (κ2) is 7.24. The van der Waals surface area contributed by atoms with E-state index in [0.29, 0.717) is 17.7 Å². The molecule has 22 heavy (non-hydrogen) atoms. The van der Waals surface area contributed by atoms with Crippen LogP contribution >= 0.6 is 0 Å². The molecule has 0 N–H and O–H groups in total. The summed E-state index contributed by atoms with van der Waals surface area (Å²) in [4.78, 5) is 22.9. The molecule has 0 aromatic heterocycles. The van der Waals surface area contributed by atoms with Gasteiger partial charge in [-0.15, -0.1) is 0 Å². The summed E-state index contributed by atoms with van der Waals surface area (Å²) in [7, 11) is 0. The number of ketones is 1. The normalized spacial score (nSPS) is 9.55. The first kappa shape index (κ1) is 15.5. The minimum atomic E-state index is -0.337. The molecule has 0 amide bonds. The maximum absolute atomic E-state index is 11.5. The number of ether oxygens (including phenoxy) is 1. The Balaban J connectivity index is 2.16. The summed E-state index contributed by atoms with van der Waals surface area (Å²) in [6, 6.07) is 14.1. The number of carbonyl (C=O) groups excluding carboxylic acids is 2. The highest BCUT2D eigenvalue weighted by atomic mass is 16.5. The Labute approximate surface area is 129 Å². The monoisotopic (exact) mass is 292 g/mol. The average molecular weight is 292 g/mol. The lowest BCUT2D eigenvalue weighted by atomic mass is 10.1. The molecule has 2 aromatic carbocycles. The van der Waals surface area contributed by atoms with Crippen molar-refractivity contribution in [1.29, 1.82) is 0 Å². The van der Waals surface area contributed by atoms with Crippen molar-refractivity contribution in [3.8, 4) is 11.8 Å². The number of rotatable bonds is 3. The summed E-state index contributed by atoms with van der Waals surface area (Å²) in [5.74, 6) is 5.70. The summed E-state index contributed by atoms with van der Waals surface area (Å²) < 4.78 is 4.93. The zero-order valence-electron chi connectivity index (χ0n) is 12.6. The van der Waals surface area contributed by atoms with Crippen LogP contribution in [0.4, 0.5) is 0 Å². The van der Waals surface area contributed by atoms with Crippen LogP contribution in [0.5, 0.6) is 0 Å². The second-order valence-electron chi connectivity index (χ2n) is 4.68. The van der Waals surface area contributed by atoms with Gasteiger partial charge in [0.25, 0.3) is 0 Å². The minimum Gasteiger partial charge on any atom is -0.462 e. The van der Waals surface area contributed by atoms with Gasteiger partial charge >= 0.3 is 5.97 Å². The van der Waals surface area contributed by atoms with E-state index in [-0.39, 0.29) is 11.8 Å². The molecule has 2 rings (SSSR count). The predicted molar refractivity (Wildman–Crippen MR) is 84.8 cm³/mol. The predicted octanol–water partition coefficient (Wildman–Crippen LogP) is 3.47. The van der Waals surface area contributed by atoms with Gasteiger partial charge in [0.05, 0.1) is 12.2 Å². The van der Waals surface area contributed by atoms with Crippen molar-refractivity contribution in [2.75, 3.05) is 6.61 Å². The van der Waals surface area contributed by atoms with E-state index in [1.165, 1.54) is 6.92 Å². The third-order valence-corrected chi connectivity index (χ3v) is 3.02. The van der Waals surface area contributed by atoms with E-state index in [1.807, 2.05) is 12.1 Å². The summed E-state index contributed by atoms with van der Waals surface area (Å²) >= 11 is 0. The molecule has 0 heterocycles. The van der Waals surface area contributed by atoms with E-state index in [2.05, 4.69) is 11.8 Å². The number of esters is 1. The van der Waals surface area contributed by atoms with E-state index < -0.39 is 0 Å². The molecule has 0 saturated heterocycles. The Kier molecular flexibility index (Phi) is 5.11. The van der Waals surface area contributed by atoms with Crippen LogP contribution in [0.1, 0.15) is 45.7 Å². The number of carbonyl (C=O) groups is 2. The Morgan fingerprint density at radius 1 is 0.955 bits per heavy atom. The maximum atomic E-state index is 11.5. The van der Waals surface area contributed by atoms with Crippen molar-refractivity contribution in [3.63, 3.8) is 0 Å². The van der Waals surface area contributed by atoms with E-state index in [4.69, 9.17) is 4.74 Å². The van der Waals surface area contributed by atoms with Crippen LogP contribution in [-0.2, 0) is 4.74 Å². The zero-order valence-corrected chi connectivity index (χ0v) is 12.6. The van der Waals surface area contributed by atoms with Gasteiger partial charge in [0.15, 0.2) is 5.78 Å². The molecule has 0 aliphatic rings. The number of hydrogen-bond donors (Lipinski definition) is 0. The van der Waals surface area contributed by atoms with E-state index in [1.54, 1.807) is 43.3 Å². The van der Waals surface area contributed by atoms with Gasteiger partial charge in [-0.2, -0.15) is 0 Å². The van der Waals surface area contributed by atoms with Crippen molar-refractivity contribution in [3.05, 3.63) is 70.8 Å². The first-order chi connectivity index (χ1) is 10.6. The molecule has 0 saturated carbocycles. The highest BCUT2D eigenvalue weighted by Crippen LogP contribution is 2.07. The first-order valence-electron chi connectivity index (χ1n) is 7.00. The molecule has 0 atom stereocenters. The fraction of sp³-hybridized carbons (Fsp3) is 0.158. The lowest BCUT2D eigenvalue weighted by Crippen LogP contribution is -2.04. The van der Waals surface area contributed by atoms with Crippen LogP contribution in [0.2, 0.25) is 0 Å². The van der Waals surface area contributed by atoms with Crippen molar-refractivity contribution >= 4 is 11.8 Å². The summed E-state index contributed by atoms with van der Waals surface area (Å²) in [6.45, 7) is 3.65. The van der Waals surface area contributed by atoms with Gasteiger partial charge in [0, 0.05) is 16.7 Å². The van der Waals surface area contributed by atoms with Gasteiger partial charge in [0.2, 0.25) is 0 Å². The third-order valence-electron chi connectivity index (χ3n) is 3.02. The summed E-state index contributed by atoms with van der Waals surface area (Å²) in [5.41, 5.74) is 2.72. The Morgan fingerprint density at radius 3 is 2.27 bits per heavy atom. The summed E-state index contributed by atoms with van der Waals surface area (Å²) in [5, 5.41) is 0. The fourth-order valence-corrected chi connectivity index (χ4v) is 1.86. The fourth-order valence-electron chi connectivity index (χ4n) is 1.86. The number of benzene rings is 2. The van der Waals surface area contributed by atoms with Crippen LogP contribution in [0.3, 0.4) is 0 Å². The van der Waals surface area contributed by atoms with Gasteiger partial charge < -0.3 is 4.74 Å². The smallest absolute Gasteiger partial charge is 0.338 e. The molecule has 3 nitrogen and oxygen atoms in total. The lowest BCUT2D eigenvalue weighted by molar-refractivity contribution is 0.0526. The standard InChI is InChI=1S/C19H16O3/c1-3-22-19(21)17-11-9-15(10-12-17)7-8-16-5-4-6-18(13-16)14(2)20/h4-6,9-13H,3H2,1-2H3. The Hall–Kier alpha value is -2.86. The highest BCUT2D eigenvalue weighted by molar-refractivity contribution is 5.94. The second-order valence-corrected chi connectivity index (χ2v) is 4.68.